The molecule has 1 aliphatic heterocycles. The van der Waals surface area contributed by atoms with Gasteiger partial charge < -0.3 is 15.4 Å². The van der Waals surface area contributed by atoms with Crippen LogP contribution in [0.25, 0.3) is 22.2 Å². The molecule has 2 aromatic heterocycles. The Bertz CT molecular complexity index is 952. The predicted molar refractivity (Wildman–Crippen MR) is 111 cm³/mol. The number of aromatic nitrogens is 2. The fraction of sp³-hybridized carbons (Fsp3) is 0.435. The van der Waals surface area contributed by atoms with Crippen LogP contribution in [0.4, 0.5) is 0 Å². The Morgan fingerprint density at radius 1 is 1.19 bits per heavy atom. The highest BCUT2D eigenvalue weighted by Gasteiger charge is 2.21. The Kier molecular flexibility index (Phi) is 5.02. The van der Waals surface area contributed by atoms with Crippen LogP contribution in [0.2, 0.25) is 0 Å². The summed E-state index contributed by atoms with van der Waals surface area (Å²) < 4.78 is 0. The maximum Gasteiger partial charge on any atom is 0.0703 e. The Labute approximate surface area is 161 Å². The number of pyridine rings is 1. The molecule has 142 valence electrons. The zero-order valence-electron chi connectivity index (χ0n) is 16.5. The molecule has 4 rings (SSSR count). The summed E-state index contributed by atoms with van der Waals surface area (Å²) in [5, 5.41) is 14.6. The van der Waals surface area contributed by atoms with E-state index in [-0.39, 0.29) is 6.61 Å². The first-order valence-electron chi connectivity index (χ1n) is 10.0. The number of aliphatic hydroxyl groups excluding tert-OH is 1. The smallest absolute Gasteiger partial charge is 0.0703 e. The summed E-state index contributed by atoms with van der Waals surface area (Å²) >= 11 is 0. The summed E-state index contributed by atoms with van der Waals surface area (Å²) in [6.07, 6.45) is 4.21. The van der Waals surface area contributed by atoms with Gasteiger partial charge in [-0.15, -0.1) is 0 Å². The van der Waals surface area contributed by atoms with E-state index in [1.807, 2.05) is 6.92 Å². The lowest BCUT2D eigenvalue weighted by atomic mass is 9.88. The van der Waals surface area contributed by atoms with Crippen molar-refractivity contribution < 1.29 is 5.11 Å². The maximum absolute atomic E-state index is 9.83. The molecule has 0 saturated carbocycles. The number of hydrogen-bond acceptors (Lipinski definition) is 3. The Morgan fingerprint density at radius 2 is 1.96 bits per heavy atom. The number of aliphatic hydroxyl groups is 1. The van der Waals surface area contributed by atoms with Crippen LogP contribution in [0.1, 0.15) is 60.9 Å². The number of nitrogens with one attached hydrogen (secondary N) is 2. The number of hydrogen-bond donors (Lipinski definition) is 3. The van der Waals surface area contributed by atoms with Crippen molar-refractivity contribution in [1.82, 2.24) is 15.3 Å². The molecule has 1 aromatic carbocycles. The zero-order chi connectivity index (χ0) is 19.0. The fourth-order valence-electron chi connectivity index (χ4n) is 4.40. The highest BCUT2D eigenvalue weighted by molar-refractivity contribution is 5.92. The highest BCUT2D eigenvalue weighted by Crippen LogP contribution is 2.39. The van der Waals surface area contributed by atoms with E-state index in [1.54, 1.807) is 6.20 Å². The van der Waals surface area contributed by atoms with Crippen molar-refractivity contribution in [1.29, 1.82) is 0 Å². The van der Waals surface area contributed by atoms with Crippen molar-refractivity contribution in [3.05, 3.63) is 52.8 Å². The van der Waals surface area contributed by atoms with Crippen LogP contribution in [0.15, 0.2) is 30.5 Å². The van der Waals surface area contributed by atoms with Gasteiger partial charge in [0.05, 0.1) is 12.3 Å². The van der Waals surface area contributed by atoms with E-state index in [0.717, 1.165) is 35.6 Å². The van der Waals surface area contributed by atoms with E-state index < -0.39 is 0 Å². The van der Waals surface area contributed by atoms with Crippen LogP contribution in [-0.2, 0) is 6.61 Å². The second-order valence-electron chi connectivity index (χ2n) is 8.04. The zero-order valence-corrected chi connectivity index (χ0v) is 16.5. The molecule has 3 N–H and O–H groups in total. The number of rotatable bonds is 4. The topological polar surface area (TPSA) is 60.9 Å². The summed E-state index contributed by atoms with van der Waals surface area (Å²) in [4.78, 5) is 8.00. The maximum atomic E-state index is 9.83. The Balaban J connectivity index is 1.89. The van der Waals surface area contributed by atoms with E-state index in [1.165, 1.54) is 34.9 Å². The van der Waals surface area contributed by atoms with Gasteiger partial charge in [0.25, 0.3) is 0 Å². The SMILES string of the molecule is Cc1cc(-c2[nH]c3ccc(C4CCNCC4)cc3c2C(C)C)c(CO)cn1. The van der Waals surface area contributed by atoms with Crippen LogP contribution in [-0.4, -0.2) is 28.2 Å². The van der Waals surface area contributed by atoms with Gasteiger partial charge in [-0.2, -0.15) is 0 Å². The quantitative estimate of drug-likeness (QED) is 0.634. The minimum atomic E-state index is -0.00413. The molecule has 0 spiro atoms. The molecule has 0 radical (unpaired) electrons. The van der Waals surface area contributed by atoms with E-state index >= 15 is 0 Å². The number of piperidine rings is 1. The summed E-state index contributed by atoms with van der Waals surface area (Å²) in [6.45, 7) is 8.70. The molecular weight excluding hydrogens is 334 g/mol. The number of H-pyrrole nitrogens is 1. The first-order chi connectivity index (χ1) is 13.1. The van der Waals surface area contributed by atoms with Crippen molar-refractivity contribution in [2.75, 3.05) is 13.1 Å². The van der Waals surface area contributed by atoms with Crippen molar-refractivity contribution >= 4 is 10.9 Å². The largest absolute Gasteiger partial charge is 0.392 e. The molecule has 1 aliphatic rings. The molecule has 0 unspecified atom stereocenters. The van der Waals surface area contributed by atoms with Gasteiger partial charge >= 0.3 is 0 Å². The van der Waals surface area contributed by atoms with Crippen LogP contribution >= 0.6 is 0 Å². The van der Waals surface area contributed by atoms with Crippen LogP contribution in [0.3, 0.4) is 0 Å². The standard InChI is InChI=1S/C23H29N3O/c1-14(2)22-20-11-17(16-6-8-24-9-7-16)4-5-21(20)26-23(22)19-10-15(3)25-12-18(19)13-27/h4-5,10-12,14,16,24,26-27H,6-9,13H2,1-3H3. The van der Waals surface area contributed by atoms with E-state index in [4.69, 9.17) is 0 Å². The minimum absolute atomic E-state index is 0.00413. The summed E-state index contributed by atoms with van der Waals surface area (Å²) in [6, 6.07) is 8.99. The fourth-order valence-corrected chi connectivity index (χ4v) is 4.40. The third kappa shape index (κ3) is 3.40. The number of aromatic amines is 1. The van der Waals surface area contributed by atoms with Crippen molar-refractivity contribution in [3.63, 3.8) is 0 Å². The number of fused-ring (bicyclic) bond motifs is 1. The van der Waals surface area contributed by atoms with Crippen molar-refractivity contribution in [2.45, 2.75) is 52.1 Å². The van der Waals surface area contributed by atoms with E-state index in [0.29, 0.717) is 11.8 Å². The van der Waals surface area contributed by atoms with Gasteiger partial charge in [-0.25, -0.2) is 0 Å². The average molecular weight is 364 g/mol. The second kappa shape index (κ2) is 7.45. The van der Waals surface area contributed by atoms with Gasteiger partial charge in [0.1, 0.15) is 0 Å². The van der Waals surface area contributed by atoms with Crippen LogP contribution in [0, 0.1) is 6.92 Å². The third-order valence-electron chi connectivity index (χ3n) is 5.81. The van der Waals surface area contributed by atoms with Gasteiger partial charge in [0, 0.05) is 33.9 Å². The molecule has 4 nitrogen and oxygen atoms in total. The second-order valence-corrected chi connectivity index (χ2v) is 8.04. The molecule has 0 atom stereocenters. The normalized spacial score (nSPS) is 15.7. The lowest BCUT2D eigenvalue weighted by molar-refractivity contribution is 0.282. The molecule has 1 fully saturated rings. The molecule has 3 aromatic rings. The third-order valence-corrected chi connectivity index (χ3v) is 5.81. The lowest BCUT2D eigenvalue weighted by Crippen LogP contribution is -2.26. The first-order valence-corrected chi connectivity index (χ1v) is 10.0. The number of nitrogens with zero attached hydrogens (tertiary/aromatic N) is 1. The first kappa shape index (κ1) is 18.2. The molecular formula is C23H29N3O. The molecule has 0 bridgehead atoms. The molecule has 27 heavy (non-hydrogen) atoms. The Hall–Kier alpha value is -2.17. The predicted octanol–water partition coefficient (Wildman–Crippen LogP) is 4.62. The van der Waals surface area contributed by atoms with Gasteiger partial charge in [-0.3, -0.25) is 4.98 Å². The average Bonchev–Trinajstić information content (AvgIpc) is 3.07. The van der Waals surface area contributed by atoms with Crippen LogP contribution in [0.5, 0.6) is 0 Å². The molecule has 0 aliphatic carbocycles. The molecule has 0 amide bonds. The highest BCUT2D eigenvalue weighted by atomic mass is 16.3. The number of aryl methyl sites for hydroxylation is 1. The summed E-state index contributed by atoms with van der Waals surface area (Å²) in [5.41, 5.74) is 7.97. The molecule has 3 heterocycles. The van der Waals surface area contributed by atoms with Crippen molar-refractivity contribution in [3.8, 4) is 11.3 Å². The van der Waals surface area contributed by atoms with E-state index in [2.05, 4.69) is 53.4 Å². The van der Waals surface area contributed by atoms with E-state index in [9.17, 15) is 5.11 Å². The summed E-state index contributed by atoms with van der Waals surface area (Å²) in [7, 11) is 0. The number of benzene rings is 1. The summed E-state index contributed by atoms with van der Waals surface area (Å²) in [5.74, 6) is 1.03. The Morgan fingerprint density at radius 3 is 2.67 bits per heavy atom. The van der Waals surface area contributed by atoms with Gasteiger partial charge in [0.15, 0.2) is 0 Å². The van der Waals surface area contributed by atoms with Crippen molar-refractivity contribution in [2.24, 2.45) is 0 Å². The molecule has 4 heteroatoms. The van der Waals surface area contributed by atoms with Gasteiger partial charge in [-0.05, 0) is 74.0 Å². The minimum Gasteiger partial charge on any atom is -0.392 e. The monoisotopic (exact) mass is 363 g/mol. The van der Waals surface area contributed by atoms with Gasteiger partial charge in [-0.1, -0.05) is 19.9 Å². The van der Waals surface area contributed by atoms with Crippen LogP contribution < -0.4 is 5.32 Å². The van der Waals surface area contributed by atoms with Gasteiger partial charge in [0.2, 0.25) is 0 Å². The molecule has 1 saturated heterocycles. The lowest BCUT2D eigenvalue weighted by Gasteiger charge is -2.23.